The molecule has 0 bridgehead atoms. The Bertz CT molecular complexity index is 14.4. The molecule has 2 heteroatoms. The van der Waals surface area contributed by atoms with Crippen LogP contribution < -0.4 is 5.48 Å². The van der Waals surface area contributed by atoms with Crippen molar-refractivity contribution in [1.29, 1.82) is 0 Å². The van der Waals surface area contributed by atoms with Crippen LogP contribution in [0.4, 0.5) is 0 Å². The van der Waals surface area contributed by atoms with E-state index in [1.54, 1.807) is 0 Å². The Kier molecular flexibility index (Phi) is 3.86. The molecule has 0 aromatic rings. The van der Waals surface area contributed by atoms with E-state index in [4.69, 9.17) is 5.21 Å². The Morgan fingerprint density at radius 3 is 2.40 bits per heavy atom. The Morgan fingerprint density at radius 1 is 1.80 bits per heavy atom. The average molecular weight is 76.1 g/mol. The predicted molar refractivity (Wildman–Crippen MR) is 18.9 cm³/mol. The lowest BCUT2D eigenvalue weighted by Gasteiger charge is -1.79. The van der Waals surface area contributed by atoms with E-state index in [1.165, 1.54) is 5.48 Å². The van der Waals surface area contributed by atoms with Gasteiger partial charge in [-0.1, -0.05) is 6.92 Å². The molecule has 0 aliphatic rings. The smallest absolute Gasteiger partial charge is 0.105 e. The molecule has 0 saturated carbocycles. The van der Waals surface area contributed by atoms with E-state index >= 15 is 0 Å². The van der Waals surface area contributed by atoms with Gasteiger partial charge in [-0.25, -0.2) is 10.7 Å². The zero-order chi connectivity index (χ0) is 4.12. The van der Waals surface area contributed by atoms with Crippen LogP contribution in [0.2, 0.25) is 0 Å². The van der Waals surface area contributed by atoms with E-state index in [1.807, 2.05) is 6.92 Å². The Hall–Kier alpha value is -0.0800. The van der Waals surface area contributed by atoms with Gasteiger partial charge in [-0.15, -0.1) is 0 Å². The highest BCUT2D eigenvalue weighted by molar-refractivity contribution is 4.08. The van der Waals surface area contributed by atoms with Gasteiger partial charge in [-0.3, -0.25) is 0 Å². The monoisotopic (exact) mass is 76.1 g/mol. The number of hydroxylamine groups is 1. The quantitative estimate of drug-likeness (QED) is 0.421. The van der Waals surface area contributed by atoms with E-state index < -0.39 is 0 Å². The van der Waals surface area contributed by atoms with Crippen molar-refractivity contribution < 1.29 is 10.7 Å². The fourth-order valence-electron chi connectivity index (χ4n) is 0.129. The maximum Gasteiger partial charge on any atom is 0.105 e. The van der Waals surface area contributed by atoms with Crippen molar-refractivity contribution in [2.45, 2.75) is 13.3 Å². The minimum atomic E-state index is 0.819. The summed E-state index contributed by atoms with van der Waals surface area (Å²) < 4.78 is 0. The van der Waals surface area contributed by atoms with Crippen molar-refractivity contribution in [3.05, 3.63) is 0 Å². The van der Waals surface area contributed by atoms with Crippen LogP contribution in [0.5, 0.6) is 0 Å². The highest BCUT2D eigenvalue weighted by Gasteiger charge is 1.70. The summed E-state index contributed by atoms with van der Waals surface area (Å²) in [6, 6.07) is 0. The number of quaternary nitrogens is 1. The van der Waals surface area contributed by atoms with E-state index in [2.05, 4.69) is 0 Å². The van der Waals surface area contributed by atoms with Crippen LogP contribution in [0.3, 0.4) is 0 Å². The van der Waals surface area contributed by atoms with E-state index in [-0.39, 0.29) is 0 Å². The third-order valence-corrected chi connectivity index (χ3v) is 0.418. The lowest BCUT2D eigenvalue weighted by atomic mass is 10.5. The van der Waals surface area contributed by atoms with Crippen molar-refractivity contribution in [2.24, 2.45) is 0 Å². The standard InChI is InChI=1S/C3H9NO/c1-2-3-4-5/h4-5H,2-3H2,1H3/p+1. The van der Waals surface area contributed by atoms with Crippen LogP contribution in [0.25, 0.3) is 0 Å². The lowest BCUT2D eigenvalue weighted by Crippen LogP contribution is -2.80. The van der Waals surface area contributed by atoms with Gasteiger partial charge in [0.15, 0.2) is 0 Å². The summed E-state index contributed by atoms with van der Waals surface area (Å²) in [6.07, 6.45) is 1.04. The molecule has 5 heavy (non-hydrogen) atoms. The molecule has 0 radical (unpaired) electrons. The maximum absolute atomic E-state index is 7.94. The van der Waals surface area contributed by atoms with Crippen molar-refractivity contribution in [3.8, 4) is 0 Å². The number of rotatable bonds is 2. The summed E-state index contributed by atoms with van der Waals surface area (Å²) in [5.74, 6) is 0. The minimum Gasteiger partial charge on any atom is -0.221 e. The molecule has 0 saturated heterocycles. The Labute approximate surface area is 31.8 Å². The molecule has 0 atom stereocenters. The predicted octanol–water partition coefficient (Wildman–Crippen LogP) is -0.651. The molecule has 32 valence electrons. The molecule has 0 aromatic carbocycles. The second-order valence-corrected chi connectivity index (χ2v) is 0.971. The molecular formula is C3H10NO+. The third-order valence-electron chi connectivity index (χ3n) is 0.418. The van der Waals surface area contributed by atoms with Crippen LogP contribution in [0.1, 0.15) is 13.3 Å². The zero-order valence-electron chi connectivity index (χ0n) is 3.44. The van der Waals surface area contributed by atoms with Gasteiger partial charge in [0.1, 0.15) is 6.54 Å². The Balaban J connectivity index is 2.19. The molecule has 0 aliphatic carbocycles. The summed E-state index contributed by atoms with van der Waals surface area (Å²) in [5.41, 5.74) is 1.18. The molecule has 0 amide bonds. The van der Waals surface area contributed by atoms with Gasteiger partial charge in [0, 0.05) is 0 Å². The first-order chi connectivity index (χ1) is 2.41. The SMILES string of the molecule is CCC[NH2+]O. The lowest BCUT2D eigenvalue weighted by molar-refractivity contribution is -0.886. The van der Waals surface area contributed by atoms with Crippen LogP contribution in [0, 0.1) is 0 Å². The van der Waals surface area contributed by atoms with E-state index in [0.717, 1.165) is 13.0 Å². The van der Waals surface area contributed by atoms with E-state index in [9.17, 15) is 0 Å². The third kappa shape index (κ3) is 3.92. The van der Waals surface area contributed by atoms with Crippen molar-refractivity contribution in [1.82, 2.24) is 0 Å². The van der Waals surface area contributed by atoms with Crippen LogP contribution in [0.15, 0.2) is 0 Å². The van der Waals surface area contributed by atoms with Gasteiger partial charge >= 0.3 is 0 Å². The maximum atomic E-state index is 7.94. The first-order valence-corrected chi connectivity index (χ1v) is 1.87. The summed E-state index contributed by atoms with van der Waals surface area (Å²) >= 11 is 0. The van der Waals surface area contributed by atoms with Crippen molar-refractivity contribution in [2.75, 3.05) is 6.54 Å². The zero-order valence-corrected chi connectivity index (χ0v) is 3.44. The molecule has 0 aliphatic heterocycles. The van der Waals surface area contributed by atoms with Crippen LogP contribution in [-0.2, 0) is 0 Å². The normalized spacial score (nSPS) is 8.40. The number of nitrogens with two attached hydrogens (primary N) is 1. The molecule has 0 spiro atoms. The number of hydrogen-bond donors (Lipinski definition) is 2. The molecule has 3 N–H and O–H groups in total. The summed E-state index contributed by atoms with van der Waals surface area (Å²) in [7, 11) is 0. The van der Waals surface area contributed by atoms with Gasteiger partial charge in [0.05, 0.1) is 0 Å². The van der Waals surface area contributed by atoms with Crippen molar-refractivity contribution >= 4 is 0 Å². The van der Waals surface area contributed by atoms with Crippen LogP contribution >= 0.6 is 0 Å². The summed E-state index contributed by atoms with van der Waals surface area (Å²) in [5, 5.41) is 7.94. The number of hydrogen-bond acceptors (Lipinski definition) is 1. The van der Waals surface area contributed by atoms with Gasteiger partial charge in [0.2, 0.25) is 0 Å². The topological polar surface area (TPSA) is 36.8 Å². The minimum absolute atomic E-state index is 0.819. The van der Waals surface area contributed by atoms with Gasteiger partial charge < -0.3 is 0 Å². The first-order valence-electron chi connectivity index (χ1n) is 1.87. The second-order valence-electron chi connectivity index (χ2n) is 0.971. The first kappa shape index (κ1) is 4.92. The summed E-state index contributed by atoms with van der Waals surface area (Å²) in [4.78, 5) is 0. The molecular weight excluding hydrogens is 66.0 g/mol. The average Bonchev–Trinajstić information content (AvgIpc) is 1.41. The van der Waals surface area contributed by atoms with Gasteiger partial charge in [0.25, 0.3) is 0 Å². The summed E-state index contributed by atoms with van der Waals surface area (Å²) in [6.45, 7) is 2.84. The van der Waals surface area contributed by atoms with Gasteiger partial charge in [-0.05, 0) is 6.42 Å². The highest BCUT2D eigenvalue weighted by atomic mass is 16.5. The Morgan fingerprint density at radius 2 is 2.40 bits per heavy atom. The molecule has 0 fully saturated rings. The van der Waals surface area contributed by atoms with E-state index in [0.29, 0.717) is 0 Å². The highest BCUT2D eigenvalue weighted by Crippen LogP contribution is 1.56. The second kappa shape index (κ2) is 3.92. The molecule has 0 aromatic heterocycles. The van der Waals surface area contributed by atoms with Crippen LogP contribution in [-0.4, -0.2) is 11.8 Å². The van der Waals surface area contributed by atoms with Gasteiger partial charge in [-0.2, -0.15) is 0 Å². The molecule has 0 unspecified atom stereocenters. The molecule has 0 heterocycles. The fourth-order valence-corrected chi connectivity index (χ4v) is 0.129. The largest absolute Gasteiger partial charge is 0.221 e. The fraction of sp³-hybridized carbons (Fsp3) is 1.00. The molecule has 0 rings (SSSR count). The van der Waals surface area contributed by atoms with Crippen molar-refractivity contribution in [3.63, 3.8) is 0 Å². The molecule has 2 nitrogen and oxygen atoms in total.